The van der Waals surface area contributed by atoms with Crippen LogP contribution in [-0.4, -0.2) is 40.6 Å². The molecule has 146 valence electrons. The Bertz CT molecular complexity index is 904. The van der Waals surface area contributed by atoms with E-state index in [1.165, 1.54) is 29.8 Å². The SMILES string of the molecule is COCCN(Cc1nccn1Cc1ccc(C)cc1)C(=O)c1ccc(F)cc1. The molecule has 0 spiro atoms. The zero-order chi connectivity index (χ0) is 19.9. The number of amides is 1. The molecule has 6 heteroatoms. The second kappa shape index (κ2) is 9.28. The van der Waals surface area contributed by atoms with Crippen molar-refractivity contribution in [3.05, 3.63) is 89.3 Å². The van der Waals surface area contributed by atoms with Gasteiger partial charge in [0.1, 0.15) is 11.6 Å². The molecule has 0 N–H and O–H groups in total. The molecule has 1 aromatic heterocycles. The maximum Gasteiger partial charge on any atom is 0.254 e. The van der Waals surface area contributed by atoms with E-state index < -0.39 is 0 Å². The van der Waals surface area contributed by atoms with Crippen molar-refractivity contribution in [1.82, 2.24) is 14.5 Å². The fourth-order valence-corrected chi connectivity index (χ4v) is 2.93. The van der Waals surface area contributed by atoms with Crippen molar-refractivity contribution in [3.63, 3.8) is 0 Å². The van der Waals surface area contributed by atoms with Gasteiger partial charge in [-0.05, 0) is 36.8 Å². The van der Waals surface area contributed by atoms with Crippen LogP contribution in [-0.2, 0) is 17.8 Å². The molecular formula is C22H24FN3O2. The van der Waals surface area contributed by atoms with Gasteiger partial charge in [0.15, 0.2) is 0 Å². The lowest BCUT2D eigenvalue weighted by Crippen LogP contribution is -2.34. The normalized spacial score (nSPS) is 10.8. The Labute approximate surface area is 164 Å². The molecule has 0 aliphatic carbocycles. The number of benzene rings is 2. The Hall–Kier alpha value is -2.99. The number of methoxy groups -OCH3 is 1. The summed E-state index contributed by atoms with van der Waals surface area (Å²) >= 11 is 0. The minimum absolute atomic E-state index is 0.179. The quantitative estimate of drug-likeness (QED) is 0.598. The Morgan fingerprint density at radius 2 is 1.86 bits per heavy atom. The van der Waals surface area contributed by atoms with Crippen LogP contribution in [0.3, 0.4) is 0 Å². The van der Waals surface area contributed by atoms with E-state index in [4.69, 9.17) is 4.74 Å². The molecule has 1 amide bonds. The number of aryl methyl sites for hydroxylation is 1. The van der Waals surface area contributed by atoms with E-state index in [0.717, 1.165) is 11.4 Å². The maximum atomic E-state index is 13.2. The number of ether oxygens (including phenoxy) is 1. The van der Waals surface area contributed by atoms with Gasteiger partial charge in [0.05, 0.1) is 13.2 Å². The predicted molar refractivity (Wildman–Crippen MR) is 106 cm³/mol. The van der Waals surface area contributed by atoms with Crippen molar-refractivity contribution in [2.24, 2.45) is 0 Å². The zero-order valence-electron chi connectivity index (χ0n) is 16.1. The van der Waals surface area contributed by atoms with Crippen LogP contribution in [0.5, 0.6) is 0 Å². The first-order valence-electron chi connectivity index (χ1n) is 9.16. The van der Waals surface area contributed by atoms with Crippen LogP contribution in [0.25, 0.3) is 0 Å². The summed E-state index contributed by atoms with van der Waals surface area (Å²) in [6, 6.07) is 13.9. The first-order valence-corrected chi connectivity index (χ1v) is 9.16. The van der Waals surface area contributed by atoms with Crippen LogP contribution in [0, 0.1) is 12.7 Å². The number of rotatable bonds is 8. The predicted octanol–water partition coefficient (Wildman–Crippen LogP) is 3.67. The van der Waals surface area contributed by atoms with Gasteiger partial charge in [0, 0.05) is 38.2 Å². The number of carbonyl (C=O) groups is 1. The number of halogens is 1. The van der Waals surface area contributed by atoms with E-state index in [1.807, 2.05) is 10.8 Å². The van der Waals surface area contributed by atoms with Crippen LogP contribution < -0.4 is 0 Å². The fraction of sp³-hybridized carbons (Fsp3) is 0.273. The molecule has 3 rings (SSSR count). The van der Waals surface area contributed by atoms with Crippen LogP contribution in [0.15, 0.2) is 60.9 Å². The third-order valence-electron chi connectivity index (χ3n) is 4.55. The Morgan fingerprint density at radius 3 is 2.54 bits per heavy atom. The largest absolute Gasteiger partial charge is 0.383 e. The summed E-state index contributed by atoms with van der Waals surface area (Å²) in [5.74, 6) is 0.239. The van der Waals surface area contributed by atoms with Gasteiger partial charge >= 0.3 is 0 Å². The first kappa shape index (κ1) is 19.8. The van der Waals surface area contributed by atoms with Gasteiger partial charge < -0.3 is 14.2 Å². The number of aromatic nitrogens is 2. The first-order chi connectivity index (χ1) is 13.6. The molecular weight excluding hydrogens is 357 g/mol. The van der Waals surface area contributed by atoms with E-state index in [2.05, 4.69) is 36.2 Å². The van der Waals surface area contributed by atoms with Crippen LogP contribution in [0.1, 0.15) is 27.3 Å². The Balaban J connectivity index is 1.77. The molecule has 0 radical (unpaired) electrons. The number of carbonyl (C=O) groups excluding carboxylic acids is 1. The number of nitrogens with zero attached hydrogens (tertiary/aromatic N) is 3. The van der Waals surface area contributed by atoms with E-state index in [9.17, 15) is 9.18 Å². The molecule has 0 aliphatic heterocycles. The molecule has 0 fully saturated rings. The van der Waals surface area contributed by atoms with E-state index in [1.54, 1.807) is 18.2 Å². The minimum Gasteiger partial charge on any atom is -0.383 e. The zero-order valence-corrected chi connectivity index (χ0v) is 16.1. The second-order valence-electron chi connectivity index (χ2n) is 6.68. The second-order valence-corrected chi connectivity index (χ2v) is 6.68. The third kappa shape index (κ3) is 5.04. The fourth-order valence-electron chi connectivity index (χ4n) is 2.93. The lowest BCUT2D eigenvalue weighted by Gasteiger charge is -2.23. The standard InChI is InChI=1S/C22H24FN3O2/c1-17-3-5-18(6-4-17)15-25-12-11-24-21(25)16-26(13-14-28-2)22(27)19-7-9-20(23)10-8-19/h3-12H,13-16H2,1-2H3. The van der Waals surface area contributed by atoms with Gasteiger partial charge in [-0.2, -0.15) is 0 Å². The summed E-state index contributed by atoms with van der Waals surface area (Å²) in [6.07, 6.45) is 3.65. The maximum absolute atomic E-state index is 13.2. The summed E-state index contributed by atoms with van der Waals surface area (Å²) in [5.41, 5.74) is 2.82. The smallest absolute Gasteiger partial charge is 0.254 e. The average Bonchev–Trinajstić information content (AvgIpc) is 3.13. The van der Waals surface area contributed by atoms with Gasteiger partial charge in [-0.25, -0.2) is 9.37 Å². The highest BCUT2D eigenvalue weighted by Gasteiger charge is 2.18. The summed E-state index contributed by atoms with van der Waals surface area (Å²) < 4.78 is 20.4. The monoisotopic (exact) mass is 381 g/mol. The topological polar surface area (TPSA) is 47.4 Å². The van der Waals surface area contributed by atoms with Crippen molar-refractivity contribution >= 4 is 5.91 Å². The molecule has 0 aliphatic rings. The Morgan fingerprint density at radius 1 is 1.14 bits per heavy atom. The van der Waals surface area contributed by atoms with E-state index >= 15 is 0 Å². The molecule has 5 nitrogen and oxygen atoms in total. The third-order valence-corrected chi connectivity index (χ3v) is 4.55. The molecule has 1 heterocycles. The molecule has 0 bridgehead atoms. The van der Waals surface area contributed by atoms with Crippen molar-refractivity contribution in [2.75, 3.05) is 20.3 Å². The molecule has 3 aromatic rings. The molecule has 0 saturated heterocycles. The van der Waals surface area contributed by atoms with Gasteiger partial charge in [-0.15, -0.1) is 0 Å². The number of hydrogen-bond donors (Lipinski definition) is 0. The molecule has 28 heavy (non-hydrogen) atoms. The molecule has 0 unspecified atom stereocenters. The van der Waals surface area contributed by atoms with Crippen molar-refractivity contribution < 1.29 is 13.9 Å². The molecule has 0 atom stereocenters. The minimum atomic E-state index is -0.367. The van der Waals surface area contributed by atoms with Gasteiger partial charge in [0.2, 0.25) is 0 Å². The highest BCUT2D eigenvalue weighted by molar-refractivity contribution is 5.94. The van der Waals surface area contributed by atoms with Gasteiger partial charge in [-0.3, -0.25) is 4.79 Å². The van der Waals surface area contributed by atoms with Crippen LogP contribution in [0.4, 0.5) is 4.39 Å². The van der Waals surface area contributed by atoms with Crippen molar-refractivity contribution in [3.8, 4) is 0 Å². The molecule has 2 aromatic carbocycles. The average molecular weight is 381 g/mol. The van der Waals surface area contributed by atoms with Gasteiger partial charge in [0.25, 0.3) is 5.91 Å². The summed E-state index contributed by atoms with van der Waals surface area (Å²) in [6.45, 7) is 3.91. The summed E-state index contributed by atoms with van der Waals surface area (Å²) in [5, 5.41) is 0. The van der Waals surface area contributed by atoms with E-state index in [-0.39, 0.29) is 11.7 Å². The number of hydrogen-bond acceptors (Lipinski definition) is 3. The molecule has 0 saturated carbocycles. The van der Waals surface area contributed by atoms with Crippen molar-refractivity contribution in [1.29, 1.82) is 0 Å². The lowest BCUT2D eigenvalue weighted by atomic mass is 10.1. The van der Waals surface area contributed by atoms with Gasteiger partial charge in [-0.1, -0.05) is 29.8 Å². The Kier molecular flexibility index (Phi) is 6.55. The van der Waals surface area contributed by atoms with Crippen molar-refractivity contribution in [2.45, 2.75) is 20.0 Å². The highest BCUT2D eigenvalue weighted by atomic mass is 19.1. The van der Waals surface area contributed by atoms with E-state index in [0.29, 0.717) is 31.8 Å². The lowest BCUT2D eigenvalue weighted by molar-refractivity contribution is 0.0673. The van der Waals surface area contributed by atoms with Crippen LogP contribution >= 0.6 is 0 Å². The van der Waals surface area contributed by atoms with Crippen LogP contribution in [0.2, 0.25) is 0 Å². The number of imidazole rings is 1. The summed E-state index contributed by atoms with van der Waals surface area (Å²) in [7, 11) is 1.60. The highest BCUT2D eigenvalue weighted by Crippen LogP contribution is 2.13. The summed E-state index contributed by atoms with van der Waals surface area (Å²) in [4.78, 5) is 19.0.